The van der Waals surface area contributed by atoms with E-state index >= 15 is 0 Å². The first kappa shape index (κ1) is 18.5. The molecule has 1 aromatic heterocycles. The van der Waals surface area contributed by atoms with Crippen molar-refractivity contribution in [1.29, 1.82) is 0 Å². The summed E-state index contributed by atoms with van der Waals surface area (Å²) in [6, 6.07) is 11.1. The van der Waals surface area contributed by atoms with Gasteiger partial charge in [0.1, 0.15) is 0 Å². The number of aromatic nitrogens is 1. The van der Waals surface area contributed by atoms with Crippen molar-refractivity contribution in [3.63, 3.8) is 0 Å². The highest BCUT2D eigenvalue weighted by Crippen LogP contribution is 2.12. The Balaban J connectivity index is 0.000000422. The molecule has 5 nitrogen and oxygen atoms in total. The second kappa shape index (κ2) is 7.17. The van der Waals surface area contributed by atoms with Gasteiger partial charge in [0.2, 0.25) is 5.69 Å². The number of aryl methyl sites for hydroxylation is 5. The summed E-state index contributed by atoms with van der Waals surface area (Å²) in [7, 11) is -4.94. The van der Waals surface area contributed by atoms with Crippen molar-refractivity contribution in [1.82, 2.24) is 0 Å². The van der Waals surface area contributed by atoms with Crippen LogP contribution in [-0.4, -0.2) is 0 Å². The minimum absolute atomic E-state index is 1.26. The molecular weight excluding hydrogens is 306 g/mol. The van der Waals surface area contributed by atoms with Crippen LogP contribution in [0.15, 0.2) is 30.3 Å². The summed E-state index contributed by atoms with van der Waals surface area (Å²) in [5.41, 5.74) is 7.77. The lowest BCUT2D eigenvalue weighted by Crippen LogP contribution is -2.68. The molecule has 0 radical (unpaired) electrons. The molecule has 0 spiro atoms. The van der Waals surface area contributed by atoms with Gasteiger partial charge in [0.25, 0.3) is 0 Å². The van der Waals surface area contributed by atoms with Gasteiger partial charge in [0.15, 0.2) is 11.4 Å². The van der Waals surface area contributed by atoms with Crippen LogP contribution in [0.1, 0.15) is 28.1 Å². The Morgan fingerprint density at radius 1 is 0.636 bits per heavy atom. The van der Waals surface area contributed by atoms with E-state index in [0.717, 1.165) is 0 Å². The van der Waals surface area contributed by atoms with Gasteiger partial charge in [-0.15, -0.1) is 10.2 Å². The molecule has 0 aliphatic heterocycles. The van der Waals surface area contributed by atoms with E-state index in [1.807, 2.05) is 0 Å². The van der Waals surface area contributed by atoms with Crippen LogP contribution >= 0.6 is 0 Å². The zero-order valence-electron chi connectivity index (χ0n) is 13.3. The highest BCUT2D eigenvalue weighted by Gasteiger charge is 2.15. The maximum absolute atomic E-state index is 8.49. The van der Waals surface area contributed by atoms with Gasteiger partial charge in [-0.3, -0.25) is 0 Å². The van der Waals surface area contributed by atoms with E-state index in [1.165, 1.54) is 33.8 Å². The molecule has 2 aromatic rings. The van der Waals surface area contributed by atoms with Crippen molar-refractivity contribution < 1.29 is 33.4 Å². The summed E-state index contributed by atoms with van der Waals surface area (Å²) in [5.74, 6) is 0. The van der Waals surface area contributed by atoms with Crippen molar-refractivity contribution in [2.75, 3.05) is 0 Å². The zero-order valence-corrected chi connectivity index (χ0v) is 14.1. The molecule has 0 aliphatic carbocycles. The molecule has 6 heteroatoms. The van der Waals surface area contributed by atoms with Crippen LogP contribution < -0.4 is 23.2 Å². The maximum atomic E-state index is 8.49. The molecule has 120 valence electrons. The van der Waals surface area contributed by atoms with E-state index in [9.17, 15) is 0 Å². The first-order chi connectivity index (χ1) is 9.97. The van der Waals surface area contributed by atoms with Gasteiger partial charge in [0.05, 0.1) is 0 Å². The number of benzene rings is 1. The molecule has 22 heavy (non-hydrogen) atoms. The third kappa shape index (κ3) is 6.09. The average molecular weight is 326 g/mol. The van der Waals surface area contributed by atoms with Crippen LogP contribution in [0, 0.1) is 44.9 Å². The lowest BCUT2D eigenvalue weighted by atomic mass is 10.1. The molecular formula is C16H20ClNO4. The highest BCUT2D eigenvalue weighted by atomic mass is 35.7. The van der Waals surface area contributed by atoms with Crippen LogP contribution in [0.4, 0.5) is 0 Å². The quantitative estimate of drug-likeness (QED) is 0.612. The van der Waals surface area contributed by atoms with Crippen LogP contribution in [0.5, 0.6) is 0 Å². The van der Waals surface area contributed by atoms with Crippen LogP contribution in [0.25, 0.3) is 5.69 Å². The van der Waals surface area contributed by atoms with Gasteiger partial charge >= 0.3 is 0 Å². The molecule has 0 fully saturated rings. The summed E-state index contributed by atoms with van der Waals surface area (Å²) < 4.78 is 36.3. The van der Waals surface area contributed by atoms with Gasteiger partial charge in [-0.05, 0) is 37.5 Å². The molecule has 0 N–H and O–H groups in total. The predicted molar refractivity (Wildman–Crippen MR) is 71.7 cm³/mol. The zero-order chi connectivity index (χ0) is 17.1. The third-order valence-electron chi connectivity index (χ3n) is 3.04. The van der Waals surface area contributed by atoms with E-state index in [-0.39, 0.29) is 0 Å². The van der Waals surface area contributed by atoms with E-state index in [2.05, 4.69) is 69.5 Å². The van der Waals surface area contributed by atoms with Gasteiger partial charge in [-0.1, -0.05) is 6.07 Å². The minimum Gasteiger partial charge on any atom is -0.222 e. The molecule has 0 unspecified atom stereocenters. The number of pyridine rings is 1. The standard InChI is InChI=1S/C16H20N.ClHO4/c1-11-6-12(2)10-16(9-11)17-14(4)7-13(3)8-15(17)5;2-1(3,4)5/h6-10H,1-5H3;(H,2,3,4,5)/q+1;/p-1. The number of hydrogen-bond donors (Lipinski definition) is 0. The highest BCUT2D eigenvalue weighted by molar-refractivity contribution is 5.34. The Bertz CT molecular complexity index is 616. The van der Waals surface area contributed by atoms with Crippen molar-refractivity contribution in [2.45, 2.75) is 34.6 Å². The molecule has 0 saturated heterocycles. The first-order valence-corrected chi connectivity index (χ1v) is 7.91. The Hall–Kier alpha value is -1.50. The van der Waals surface area contributed by atoms with Crippen molar-refractivity contribution >= 4 is 0 Å². The average Bonchev–Trinajstić information content (AvgIpc) is 2.22. The molecule has 0 bridgehead atoms. The second-order valence-electron chi connectivity index (χ2n) is 5.37. The van der Waals surface area contributed by atoms with Crippen molar-refractivity contribution in [2.24, 2.45) is 0 Å². The molecule has 0 atom stereocenters. The second-order valence-corrected chi connectivity index (χ2v) is 6.13. The molecule has 1 heterocycles. The summed E-state index contributed by atoms with van der Waals surface area (Å²) in [5, 5.41) is 0. The summed E-state index contributed by atoms with van der Waals surface area (Å²) >= 11 is 0. The summed E-state index contributed by atoms with van der Waals surface area (Å²) in [6.07, 6.45) is 0. The maximum Gasteiger partial charge on any atom is 0.211 e. The minimum atomic E-state index is -4.94. The van der Waals surface area contributed by atoms with Gasteiger partial charge in [-0.25, -0.2) is 18.6 Å². The molecule has 0 saturated carbocycles. The molecule has 2 rings (SSSR count). The van der Waals surface area contributed by atoms with E-state index in [0.29, 0.717) is 0 Å². The van der Waals surface area contributed by atoms with Crippen LogP contribution in [0.2, 0.25) is 0 Å². The van der Waals surface area contributed by atoms with Crippen molar-refractivity contribution in [3.8, 4) is 5.69 Å². The van der Waals surface area contributed by atoms with Gasteiger partial charge < -0.3 is 0 Å². The Kier molecular flexibility index (Phi) is 6.05. The summed E-state index contributed by atoms with van der Waals surface area (Å²) in [6.45, 7) is 10.8. The van der Waals surface area contributed by atoms with Crippen LogP contribution in [0.3, 0.4) is 0 Å². The lowest BCUT2D eigenvalue weighted by Gasteiger charge is -2.17. The third-order valence-corrected chi connectivity index (χ3v) is 3.04. The Morgan fingerprint density at radius 3 is 1.32 bits per heavy atom. The lowest BCUT2D eigenvalue weighted by molar-refractivity contribution is -2.00. The fourth-order valence-electron chi connectivity index (χ4n) is 2.59. The van der Waals surface area contributed by atoms with Crippen molar-refractivity contribution in [3.05, 3.63) is 58.4 Å². The van der Waals surface area contributed by atoms with E-state index < -0.39 is 10.2 Å². The fraction of sp³-hybridized carbons (Fsp3) is 0.312. The number of halogens is 1. The summed E-state index contributed by atoms with van der Waals surface area (Å²) in [4.78, 5) is 0. The number of hydrogen-bond acceptors (Lipinski definition) is 4. The van der Waals surface area contributed by atoms with Gasteiger partial charge in [-0.2, -0.15) is 4.57 Å². The molecule has 1 aromatic carbocycles. The molecule has 0 amide bonds. The monoisotopic (exact) mass is 325 g/mol. The fourth-order valence-corrected chi connectivity index (χ4v) is 2.59. The number of nitrogens with zero attached hydrogens (tertiary/aromatic N) is 1. The Labute approximate surface area is 132 Å². The Morgan fingerprint density at radius 2 is 0.955 bits per heavy atom. The van der Waals surface area contributed by atoms with E-state index in [4.69, 9.17) is 18.6 Å². The topological polar surface area (TPSA) is 96.1 Å². The van der Waals surface area contributed by atoms with Gasteiger partial charge in [0, 0.05) is 38.1 Å². The molecule has 0 aliphatic rings. The van der Waals surface area contributed by atoms with E-state index in [1.54, 1.807) is 0 Å². The smallest absolute Gasteiger partial charge is 0.211 e. The predicted octanol–water partition coefficient (Wildman–Crippen LogP) is -1.25. The van der Waals surface area contributed by atoms with Crippen LogP contribution in [-0.2, 0) is 0 Å². The normalized spacial score (nSPS) is 11.0. The number of rotatable bonds is 1. The largest absolute Gasteiger partial charge is 0.222 e. The first-order valence-electron chi connectivity index (χ1n) is 6.67. The SMILES string of the molecule is Cc1cc(C)cc(-[n+]2c(C)cc(C)cc2C)c1.[O-][Cl+3]([O-])([O-])[O-].